The van der Waals surface area contributed by atoms with E-state index in [-0.39, 0.29) is 22.6 Å². The quantitative estimate of drug-likeness (QED) is 0.574. The van der Waals surface area contributed by atoms with Gasteiger partial charge in [-0.1, -0.05) is 6.07 Å². The van der Waals surface area contributed by atoms with Crippen LogP contribution in [0.25, 0.3) is 33.5 Å². The van der Waals surface area contributed by atoms with Crippen LogP contribution in [-0.2, 0) is 18.3 Å². The number of carboxylic acids is 1. The van der Waals surface area contributed by atoms with E-state index in [1.165, 1.54) is 24.3 Å². The summed E-state index contributed by atoms with van der Waals surface area (Å²) in [6, 6.07) is 7.16. The molecule has 0 spiro atoms. The monoisotopic (exact) mass is 341 g/mol. The smallest absolute Gasteiger partial charge is 0.229 e. The molecule has 0 amide bonds. The van der Waals surface area contributed by atoms with E-state index in [0.29, 0.717) is 10.9 Å². The van der Waals surface area contributed by atoms with Crippen LogP contribution in [0.2, 0.25) is 0 Å². The van der Waals surface area contributed by atoms with Crippen molar-refractivity contribution in [1.82, 2.24) is 9.55 Å². The number of hydrogen-bond acceptors (Lipinski definition) is 4. The van der Waals surface area contributed by atoms with Crippen LogP contribution in [0, 0.1) is 11.6 Å². The van der Waals surface area contributed by atoms with Gasteiger partial charge in [0.15, 0.2) is 11.4 Å². The highest BCUT2D eigenvalue weighted by atomic mass is 19.1. The second kappa shape index (κ2) is 5.41. The van der Waals surface area contributed by atoms with Gasteiger partial charge in [-0.2, -0.15) is 0 Å². The molecule has 2 heterocycles. The lowest BCUT2D eigenvalue weighted by molar-refractivity contribution is -0.304. The molecule has 5 nitrogen and oxygen atoms in total. The number of aliphatic carboxylic acids is 1. The maximum Gasteiger partial charge on any atom is 0.229 e. The number of carboxylic acid groups (broad SMARTS) is 1. The highest BCUT2D eigenvalue weighted by Crippen LogP contribution is 2.33. The molecule has 4 rings (SSSR count). The van der Waals surface area contributed by atoms with Gasteiger partial charge in [0.05, 0.1) is 5.56 Å². The molecule has 2 aromatic carbocycles. The molecular weight excluding hydrogens is 330 g/mol. The Morgan fingerprint density at radius 2 is 2.08 bits per heavy atom. The molecule has 0 unspecified atom stereocenters. The Labute approximate surface area is 140 Å². The first kappa shape index (κ1) is 15.3. The number of carbonyl (C=O) groups is 1. The summed E-state index contributed by atoms with van der Waals surface area (Å²) in [5, 5.41) is 11.3. The lowest BCUT2D eigenvalue weighted by atomic mass is 10.1. The van der Waals surface area contributed by atoms with Gasteiger partial charge in [0.2, 0.25) is 5.89 Å². The van der Waals surface area contributed by atoms with Crippen molar-refractivity contribution in [1.29, 1.82) is 0 Å². The minimum Gasteiger partial charge on any atom is -0.550 e. The van der Waals surface area contributed by atoms with Gasteiger partial charge in [-0.3, -0.25) is 0 Å². The van der Waals surface area contributed by atoms with E-state index in [9.17, 15) is 18.7 Å². The molecule has 0 bridgehead atoms. The van der Waals surface area contributed by atoms with Crippen LogP contribution in [0.5, 0.6) is 0 Å². The fraction of sp³-hybridized carbons (Fsp3) is 0.111. The predicted octanol–water partition coefficient (Wildman–Crippen LogP) is 2.56. The van der Waals surface area contributed by atoms with Crippen LogP contribution < -0.4 is 5.11 Å². The molecule has 0 saturated carbocycles. The third-order valence-electron chi connectivity index (χ3n) is 4.09. The molecule has 7 heteroatoms. The van der Waals surface area contributed by atoms with E-state index in [2.05, 4.69) is 4.98 Å². The maximum absolute atomic E-state index is 14.5. The van der Waals surface area contributed by atoms with Crippen molar-refractivity contribution in [2.75, 3.05) is 0 Å². The molecular formula is C18H11F2N2O3-. The van der Waals surface area contributed by atoms with Crippen molar-refractivity contribution in [3.63, 3.8) is 0 Å². The summed E-state index contributed by atoms with van der Waals surface area (Å²) >= 11 is 0. The SMILES string of the molecule is Cn1cc(-c2nc3ccc(CC(=O)[O-])c(F)c3o2)c2cc(F)ccc21. The highest BCUT2D eigenvalue weighted by molar-refractivity contribution is 5.95. The van der Waals surface area contributed by atoms with Crippen LogP contribution in [-0.4, -0.2) is 15.5 Å². The van der Waals surface area contributed by atoms with Crippen molar-refractivity contribution in [3.8, 4) is 11.5 Å². The third-order valence-corrected chi connectivity index (χ3v) is 4.09. The summed E-state index contributed by atoms with van der Waals surface area (Å²) in [7, 11) is 1.80. The van der Waals surface area contributed by atoms with E-state index >= 15 is 0 Å². The molecule has 0 saturated heterocycles. The first-order valence-corrected chi connectivity index (χ1v) is 7.47. The summed E-state index contributed by atoms with van der Waals surface area (Å²) in [5.41, 5.74) is 1.37. The molecule has 4 aromatic rings. The van der Waals surface area contributed by atoms with Crippen molar-refractivity contribution in [3.05, 3.63) is 53.7 Å². The van der Waals surface area contributed by atoms with Gasteiger partial charge in [0.25, 0.3) is 0 Å². The number of hydrogen-bond donors (Lipinski definition) is 0. The minimum atomic E-state index is -1.39. The maximum atomic E-state index is 14.5. The van der Waals surface area contributed by atoms with Crippen LogP contribution in [0.15, 0.2) is 40.9 Å². The van der Waals surface area contributed by atoms with Crippen LogP contribution in [0.4, 0.5) is 8.78 Å². The average molecular weight is 341 g/mol. The lowest BCUT2D eigenvalue weighted by Gasteiger charge is -2.03. The van der Waals surface area contributed by atoms with Gasteiger partial charge >= 0.3 is 0 Å². The first-order valence-electron chi connectivity index (χ1n) is 7.47. The zero-order valence-electron chi connectivity index (χ0n) is 13.0. The Bertz CT molecular complexity index is 1140. The van der Waals surface area contributed by atoms with E-state index in [1.807, 2.05) is 0 Å². The predicted molar refractivity (Wildman–Crippen MR) is 84.5 cm³/mol. The number of aromatic nitrogens is 2. The van der Waals surface area contributed by atoms with Crippen molar-refractivity contribution < 1.29 is 23.1 Å². The largest absolute Gasteiger partial charge is 0.550 e. The Morgan fingerprint density at radius 1 is 1.28 bits per heavy atom. The fourth-order valence-electron chi connectivity index (χ4n) is 2.94. The van der Waals surface area contributed by atoms with Gasteiger partial charge < -0.3 is 18.9 Å². The number of nitrogens with zero attached hydrogens (tertiary/aromatic N) is 2. The Hall–Kier alpha value is -3.22. The van der Waals surface area contributed by atoms with E-state index in [1.54, 1.807) is 23.9 Å². The summed E-state index contributed by atoms with van der Waals surface area (Å²) in [6.07, 6.45) is 1.16. The number of carbonyl (C=O) groups excluding carboxylic acids is 1. The van der Waals surface area contributed by atoms with Crippen molar-refractivity contribution >= 4 is 28.0 Å². The summed E-state index contributed by atoms with van der Waals surface area (Å²) in [5.74, 6) is -2.44. The zero-order valence-corrected chi connectivity index (χ0v) is 13.0. The van der Waals surface area contributed by atoms with Gasteiger partial charge in [-0.25, -0.2) is 13.8 Å². The van der Waals surface area contributed by atoms with Gasteiger partial charge in [0.1, 0.15) is 11.3 Å². The standard InChI is InChI=1S/C18H12F2N2O3/c1-22-8-12(11-7-10(19)3-5-14(11)22)18-21-13-4-2-9(6-15(23)24)16(20)17(13)25-18/h2-5,7-8H,6H2,1H3,(H,23,24)/p-1. The Kier molecular flexibility index (Phi) is 3.31. The number of rotatable bonds is 3. The van der Waals surface area contributed by atoms with Gasteiger partial charge in [0, 0.05) is 36.5 Å². The Morgan fingerprint density at radius 3 is 2.84 bits per heavy atom. The van der Waals surface area contributed by atoms with Crippen LogP contribution in [0.3, 0.4) is 0 Å². The number of fused-ring (bicyclic) bond motifs is 2. The van der Waals surface area contributed by atoms with Crippen molar-refractivity contribution in [2.24, 2.45) is 7.05 Å². The topological polar surface area (TPSA) is 71.1 Å². The van der Waals surface area contributed by atoms with Crippen molar-refractivity contribution in [2.45, 2.75) is 6.42 Å². The molecule has 0 aliphatic heterocycles. The van der Waals surface area contributed by atoms with E-state index in [0.717, 1.165) is 5.52 Å². The number of oxazole rings is 1. The molecule has 25 heavy (non-hydrogen) atoms. The molecule has 2 aromatic heterocycles. The van der Waals surface area contributed by atoms with E-state index < -0.39 is 24.0 Å². The zero-order chi connectivity index (χ0) is 17.7. The van der Waals surface area contributed by atoms with Gasteiger partial charge in [-0.15, -0.1) is 0 Å². The molecule has 0 N–H and O–H groups in total. The third kappa shape index (κ3) is 2.44. The molecule has 0 aliphatic rings. The second-order valence-corrected chi connectivity index (χ2v) is 5.77. The summed E-state index contributed by atoms with van der Waals surface area (Å²) in [4.78, 5) is 15.0. The fourth-order valence-corrected chi connectivity index (χ4v) is 2.94. The minimum absolute atomic E-state index is 0.0424. The summed E-state index contributed by atoms with van der Waals surface area (Å²) in [6.45, 7) is 0. The number of aryl methyl sites for hydroxylation is 1. The highest BCUT2D eigenvalue weighted by Gasteiger charge is 2.18. The average Bonchev–Trinajstić information content (AvgIpc) is 3.12. The van der Waals surface area contributed by atoms with E-state index in [4.69, 9.17) is 4.42 Å². The second-order valence-electron chi connectivity index (χ2n) is 5.77. The summed E-state index contributed by atoms with van der Waals surface area (Å²) < 4.78 is 35.4. The number of benzene rings is 2. The van der Waals surface area contributed by atoms with Crippen LogP contribution in [0.1, 0.15) is 5.56 Å². The molecule has 0 atom stereocenters. The number of halogens is 2. The molecule has 126 valence electrons. The first-order chi connectivity index (χ1) is 11.9. The van der Waals surface area contributed by atoms with Gasteiger partial charge in [-0.05, 0) is 29.8 Å². The lowest BCUT2D eigenvalue weighted by Crippen LogP contribution is -2.24. The molecule has 0 fully saturated rings. The van der Waals surface area contributed by atoms with Crippen LogP contribution >= 0.6 is 0 Å². The molecule has 0 aliphatic carbocycles. The normalized spacial score (nSPS) is 11.5. The Balaban J connectivity index is 1.92. The molecule has 0 radical (unpaired) electrons.